The molecule has 1 fully saturated rings. The van der Waals surface area contributed by atoms with Gasteiger partial charge in [0.05, 0.1) is 12.1 Å². The minimum absolute atomic E-state index is 0.0297. The summed E-state index contributed by atoms with van der Waals surface area (Å²) < 4.78 is 6.03. The molecular formula is C22H26N2O2. The van der Waals surface area contributed by atoms with Crippen LogP contribution in [0.5, 0.6) is 5.75 Å². The highest BCUT2D eigenvalue weighted by molar-refractivity contribution is 5.91. The molecule has 1 amide bonds. The highest BCUT2D eigenvalue weighted by Gasteiger charge is 2.17. The number of amides is 1. The van der Waals surface area contributed by atoms with Gasteiger partial charge < -0.3 is 9.64 Å². The first-order chi connectivity index (χ1) is 12.6. The lowest BCUT2D eigenvalue weighted by molar-refractivity contribution is -0.126. The van der Waals surface area contributed by atoms with Crippen LogP contribution in [0.1, 0.15) is 49.8 Å². The average molecular weight is 350 g/mol. The van der Waals surface area contributed by atoms with Crippen LogP contribution in [-0.2, 0) is 4.79 Å². The summed E-state index contributed by atoms with van der Waals surface area (Å²) >= 11 is 0. The van der Waals surface area contributed by atoms with E-state index < -0.39 is 0 Å². The van der Waals surface area contributed by atoms with Gasteiger partial charge in [-0.25, -0.2) is 0 Å². The van der Waals surface area contributed by atoms with E-state index in [0.29, 0.717) is 6.10 Å². The second kappa shape index (κ2) is 8.65. The van der Waals surface area contributed by atoms with Crippen LogP contribution in [0.15, 0.2) is 54.9 Å². The molecule has 1 aromatic heterocycles. The molecule has 4 heteroatoms. The van der Waals surface area contributed by atoms with Gasteiger partial charge in [-0.1, -0.05) is 18.2 Å². The minimum Gasteiger partial charge on any atom is -0.490 e. The minimum atomic E-state index is -0.0385. The van der Waals surface area contributed by atoms with Crippen LogP contribution in [0.4, 0.5) is 0 Å². The Kier molecular flexibility index (Phi) is 6.05. The van der Waals surface area contributed by atoms with Crippen molar-refractivity contribution in [1.29, 1.82) is 0 Å². The van der Waals surface area contributed by atoms with Crippen LogP contribution in [-0.4, -0.2) is 28.9 Å². The molecular weight excluding hydrogens is 324 g/mol. The Morgan fingerprint density at radius 3 is 2.81 bits per heavy atom. The Morgan fingerprint density at radius 1 is 1.27 bits per heavy atom. The van der Waals surface area contributed by atoms with Crippen LogP contribution in [0.2, 0.25) is 0 Å². The predicted octanol–water partition coefficient (Wildman–Crippen LogP) is 4.64. The number of aromatic nitrogens is 1. The number of benzene rings is 1. The van der Waals surface area contributed by atoms with Gasteiger partial charge in [0, 0.05) is 25.5 Å². The van der Waals surface area contributed by atoms with Gasteiger partial charge in [-0.2, -0.15) is 0 Å². The van der Waals surface area contributed by atoms with Crippen LogP contribution >= 0.6 is 0 Å². The number of likely N-dealkylation sites (N-methyl/N-ethyl adjacent to an activating group) is 1. The van der Waals surface area contributed by atoms with Crippen LogP contribution in [0.25, 0.3) is 6.08 Å². The van der Waals surface area contributed by atoms with Crippen molar-refractivity contribution in [2.24, 2.45) is 0 Å². The fraction of sp³-hybridized carbons (Fsp3) is 0.364. The summed E-state index contributed by atoms with van der Waals surface area (Å²) in [7, 11) is 1.81. The van der Waals surface area contributed by atoms with Gasteiger partial charge in [0.25, 0.3) is 0 Å². The molecule has 2 aromatic rings. The molecule has 1 aromatic carbocycles. The molecule has 26 heavy (non-hydrogen) atoms. The summed E-state index contributed by atoms with van der Waals surface area (Å²) in [5.41, 5.74) is 1.99. The third-order valence-corrected chi connectivity index (χ3v) is 4.98. The molecule has 1 aliphatic rings. The monoisotopic (exact) mass is 350 g/mol. The van der Waals surface area contributed by atoms with E-state index in [4.69, 9.17) is 4.74 Å². The Bertz CT molecular complexity index is 752. The highest BCUT2D eigenvalue weighted by Crippen LogP contribution is 2.25. The van der Waals surface area contributed by atoms with Gasteiger partial charge in [-0.15, -0.1) is 0 Å². The third-order valence-electron chi connectivity index (χ3n) is 4.98. The number of carbonyl (C=O) groups is 1. The van der Waals surface area contributed by atoms with Gasteiger partial charge >= 0.3 is 0 Å². The van der Waals surface area contributed by atoms with Crippen molar-refractivity contribution >= 4 is 12.0 Å². The first-order valence-electron chi connectivity index (χ1n) is 9.25. The zero-order valence-corrected chi connectivity index (χ0v) is 15.5. The number of carbonyl (C=O) groups excluding carboxylic acids is 1. The Hall–Kier alpha value is -2.62. The fourth-order valence-corrected chi connectivity index (χ4v) is 3.21. The largest absolute Gasteiger partial charge is 0.490 e. The van der Waals surface area contributed by atoms with E-state index in [2.05, 4.69) is 4.98 Å². The van der Waals surface area contributed by atoms with E-state index in [1.807, 2.05) is 56.4 Å². The normalized spacial score (nSPS) is 15.9. The summed E-state index contributed by atoms with van der Waals surface area (Å²) in [5, 5.41) is 0. The Balaban J connectivity index is 1.62. The van der Waals surface area contributed by atoms with Crippen molar-refractivity contribution in [2.75, 3.05) is 7.05 Å². The standard InChI is InChI=1S/C22H26N2O2/c1-17(19-8-6-14-23-16-19)24(2)22(25)13-12-18-7-5-11-21(15-18)26-20-9-3-4-10-20/h5-8,11-17,20H,3-4,9-10H2,1-2H3. The highest BCUT2D eigenvalue weighted by atomic mass is 16.5. The quantitative estimate of drug-likeness (QED) is 0.713. The summed E-state index contributed by atoms with van der Waals surface area (Å²) in [6.07, 6.45) is 12.1. The van der Waals surface area contributed by atoms with Gasteiger partial charge in [-0.05, 0) is 68.0 Å². The molecule has 136 valence electrons. The SMILES string of the molecule is CC(c1cccnc1)N(C)C(=O)C=Cc1cccc(OC2CCCC2)c1. The van der Waals surface area contributed by atoms with E-state index in [0.717, 1.165) is 29.7 Å². The van der Waals surface area contributed by atoms with Gasteiger partial charge in [0.1, 0.15) is 5.75 Å². The molecule has 1 aliphatic carbocycles. The molecule has 1 atom stereocenters. The molecule has 1 unspecified atom stereocenters. The maximum atomic E-state index is 12.5. The molecule has 1 heterocycles. The number of pyridine rings is 1. The molecule has 3 rings (SSSR count). The Labute approximate surface area is 155 Å². The third kappa shape index (κ3) is 4.72. The van der Waals surface area contributed by atoms with Crippen LogP contribution < -0.4 is 4.74 Å². The number of hydrogen-bond acceptors (Lipinski definition) is 3. The van der Waals surface area contributed by atoms with Gasteiger partial charge in [0.2, 0.25) is 5.91 Å². The summed E-state index contributed by atoms with van der Waals surface area (Å²) in [6, 6.07) is 11.8. The number of hydrogen-bond donors (Lipinski definition) is 0. The molecule has 4 nitrogen and oxygen atoms in total. The Morgan fingerprint density at radius 2 is 2.08 bits per heavy atom. The lowest BCUT2D eigenvalue weighted by Gasteiger charge is -2.23. The van der Waals surface area contributed by atoms with Crippen molar-refractivity contribution in [2.45, 2.75) is 44.8 Å². The molecule has 1 saturated carbocycles. The van der Waals surface area contributed by atoms with Crippen LogP contribution in [0, 0.1) is 0 Å². The lowest BCUT2D eigenvalue weighted by atomic mass is 10.1. The predicted molar refractivity (Wildman–Crippen MR) is 104 cm³/mol. The van der Waals surface area contributed by atoms with E-state index in [1.165, 1.54) is 12.8 Å². The van der Waals surface area contributed by atoms with E-state index >= 15 is 0 Å². The van der Waals surface area contributed by atoms with Crippen molar-refractivity contribution in [1.82, 2.24) is 9.88 Å². The molecule has 0 spiro atoms. The van der Waals surface area contributed by atoms with Crippen molar-refractivity contribution in [3.63, 3.8) is 0 Å². The second-order valence-electron chi connectivity index (χ2n) is 6.84. The average Bonchev–Trinajstić information content (AvgIpc) is 3.19. The maximum absolute atomic E-state index is 12.5. The van der Waals surface area contributed by atoms with Crippen molar-refractivity contribution < 1.29 is 9.53 Å². The summed E-state index contributed by atoms with van der Waals surface area (Å²) in [5.74, 6) is 0.840. The first kappa shape index (κ1) is 18.2. The van der Waals surface area contributed by atoms with E-state index in [1.54, 1.807) is 23.4 Å². The summed E-state index contributed by atoms with van der Waals surface area (Å²) in [6.45, 7) is 2.00. The lowest BCUT2D eigenvalue weighted by Crippen LogP contribution is -2.28. The zero-order valence-electron chi connectivity index (χ0n) is 15.5. The first-order valence-corrected chi connectivity index (χ1v) is 9.25. The van der Waals surface area contributed by atoms with Crippen molar-refractivity contribution in [3.05, 3.63) is 66.0 Å². The molecule has 0 N–H and O–H groups in total. The van der Waals surface area contributed by atoms with E-state index in [9.17, 15) is 4.79 Å². The smallest absolute Gasteiger partial charge is 0.246 e. The fourth-order valence-electron chi connectivity index (χ4n) is 3.21. The molecule has 0 radical (unpaired) electrons. The van der Waals surface area contributed by atoms with Gasteiger partial charge in [-0.3, -0.25) is 9.78 Å². The second-order valence-corrected chi connectivity index (χ2v) is 6.84. The number of ether oxygens (including phenoxy) is 1. The zero-order chi connectivity index (χ0) is 18.4. The van der Waals surface area contributed by atoms with Gasteiger partial charge in [0.15, 0.2) is 0 Å². The maximum Gasteiger partial charge on any atom is 0.246 e. The topological polar surface area (TPSA) is 42.4 Å². The molecule has 0 saturated heterocycles. The van der Waals surface area contributed by atoms with Crippen molar-refractivity contribution in [3.8, 4) is 5.75 Å². The summed E-state index contributed by atoms with van der Waals surface area (Å²) in [4.78, 5) is 18.3. The molecule has 0 aliphatic heterocycles. The number of rotatable bonds is 6. The number of nitrogens with zero attached hydrogens (tertiary/aromatic N) is 2. The van der Waals surface area contributed by atoms with E-state index in [-0.39, 0.29) is 11.9 Å². The molecule has 0 bridgehead atoms. The van der Waals surface area contributed by atoms with Crippen LogP contribution in [0.3, 0.4) is 0 Å².